The SMILES string of the molecule is COc1ccc(Oc2ccc([N+](=O)[O-])cc2C(=O)N2CCCC(C(=O)Nc3ncccc3C)C2)cc1. The number of aryl methyl sites for hydroxylation is 1. The van der Waals surface area contributed by atoms with Crippen LogP contribution in [0.1, 0.15) is 28.8 Å². The summed E-state index contributed by atoms with van der Waals surface area (Å²) in [6.45, 7) is 2.46. The van der Waals surface area contributed by atoms with Gasteiger partial charge in [-0.1, -0.05) is 6.07 Å². The third kappa shape index (κ3) is 5.60. The Balaban J connectivity index is 1.55. The van der Waals surface area contributed by atoms with Crippen LogP contribution in [0.2, 0.25) is 0 Å². The summed E-state index contributed by atoms with van der Waals surface area (Å²) < 4.78 is 11.1. The summed E-state index contributed by atoms with van der Waals surface area (Å²) in [5.41, 5.74) is 0.672. The Bertz CT molecular complexity index is 1280. The number of piperidine rings is 1. The first-order valence-corrected chi connectivity index (χ1v) is 11.5. The average molecular weight is 491 g/mol. The number of amides is 2. The lowest BCUT2D eigenvalue weighted by molar-refractivity contribution is -0.384. The smallest absolute Gasteiger partial charge is 0.270 e. The molecule has 4 rings (SSSR count). The number of nitro benzene ring substituents is 1. The monoisotopic (exact) mass is 490 g/mol. The summed E-state index contributed by atoms with van der Waals surface area (Å²) in [5, 5.41) is 14.2. The van der Waals surface area contributed by atoms with Crippen molar-refractivity contribution < 1.29 is 24.0 Å². The molecular weight excluding hydrogens is 464 g/mol. The number of carbonyl (C=O) groups excluding carboxylic acids is 2. The summed E-state index contributed by atoms with van der Waals surface area (Å²) in [4.78, 5) is 43.0. The van der Waals surface area contributed by atoms with Crippen molar-refractivity contribution in [3.63, 3.8) is 0 Å². The van der Waals surface area contributed by atoms with Crippen molar-refractivity contribution >= 4 is 23.3 Å². The minimum atomic E-state index is -0.560. The number of methoxy groups -OCH3 is 1. The number of ether oxygens (including phenoxy) is 2. The highest BCUT2D eigenvalue weighted by Crippen LogP contribution is 2.32. The normalized spacial score (nSPS) is 15.2. The molecule has 2 amide bonds. The quantitative estimate of drug-likeness (QED) is 0.379. The van der Waals surface area contributed by atoms with Gasteiger partial charge in [0.1, 0.15) is 23.1 Å². The fraction of sp³-hybridized carbons (Fsp3) is 0.269. The zero-order valence-electron chi connectivity index (χ0n) is 20.0. The van der Waals surface area contributed by atoms with Gasteiger partial charge in [0.05, 0.1) is 23.5 Å². The minimum Gasteiger partial charge on any atom is -0.497 e. The lowest BCUT2D eigenvalue weighted by atomic mass is 9.96. The lowest BCUT2D eigenvalue weighted by Gasteiger charge is -2.32. The molecule has 10 heteroatoms. The van der Waals surface area contributed by atoms with E-state index in [0.717, 1.165) is 5.56 Å². The summed E-state index contributed by atoms with van der Waals surface area (Å²) in [6, 6.07) is 14.3. The van der Waals surface area contributed by atoms with Crippen molar-refractivity contribution in [1.29, 1.82) is 0 Å². The molecule has 1 unspecified atom stereocenters. The highest BCUT2D eigenvalue weighted by atomic mass is 16.6. The van der Waals surface area contributed by atoms with Crippen LogP contribution < -0.4 is 14.8 Å². The molecule has 1 aromatic heterocycles. The van der Waals surface area contributed by atoms with Crippen LogP contribution >= 0.6 is 0 Å². The molecule has 36 heavy (non-hydrogen) atoms. The summed E-state index contributed by atoms with van der Waals surface area (Å²) in [5.74, 6) is 0.665. The van der Waals surface area contributed by atoms with E-state index in [1.54, 1.807) is 48.5 Å². The molecular formula is C26H26N4O6. The number of hydrogen-bond acceptors (Lipinski definition) is 7. The van der Waals surface area contributed by atoms with Crippen molar-refractivity contribution in [2.75, 3.05) is 25.5 Å². The van der Waals surface area contributed by atoms with Crippen molar-refractivity contribution in [3.05, 3.63) is 82.0 Å². The first-order valence-electron chi connectivity index (χ1n) is 11.5. The van der Waals surface area contributed by atoms with Crippen LogP contribution in [0.15, 0.2) is 60.8 Å². The number of rotatable bonds is 7. The second kappa shape index (κ2) is 10.9. The molecule has 0 bridgehead atoms. The molecule has 10 nitrogen and oxygen atoms in total. The van der Waals surface area contributed by atoms with Crippen molar-refractivity contribution in [3.8, 4) is 17.2 Å². The van der Waals surface area contributed by atoms with Crippen molar-refractivity contribution in [1.82, 2.24) is 9.88 Å². The van der Waals surface area contributed by atoms with Gasteiger partial charge in [0.2, 0.25) is 5.91 Å². The van der Waals surface area contributed by atoms with Gasteiger partial charge in [-0.3, -0.25) is 19.7 Å². The molecule has 1 fully saturated rings. The van der Waals surface area contributed by atoms with Gasteiger partial charge < -0.3 is 19.7 Å². The summed E-state index contributed by atoms with van der Waals surface area (Å²) in [6.07, 6.45) is 2.84. The van der Waals surface area contributed by atoms with Gasteiger partial charge in [0.25, 0.3) is 11.6 Å². The van der Waals surface area contributed by atoms with Crippen LogP contribution in [0.3, 0.4) is 0 Å². The fourth-order valence-corrected chi connectivity index (χ4v) is 4.04. The molecule has 2 aromatic carbocycles. The molecule has 1 aliphatic rings. The maximum atomic E-state index is 13.5. The number of hydrogen-bond donors (Lipinski definition) is 1. The van der Waals surface area contributed by atoms with Gasteiger partial charge >= 0.3 is 0 Å². The largest absolute Gasteiger partial charge is 0.497 e. The maximum Gasteiger partial charge on any atom is 0.270 e. The molecule has 2 heterocycles. The number of nitro groups is 1. The van der Waals surface area contributed by atoms with E-state index >= 15 is 0 Å². The van der Waals surface area contributed by atoms with Gasteiger partial charge in [-0.2, -0.15) is 0 Å². The number of pyridine rings is 1. The summed E-state index contributed by atoms with van der Waals surface area (Å²) >= 11 is 0. The Hall–Kier alpha value is -4.47. The number of benzene rings is 2. The predicted molar refractivity (Wildman–Crippen MR) is 132 cm³/mol. The lowest BCUT2D eigenvalue weighted by Crippen LogP contribution is -2.44. The molecule has 1 N–H and O–H groups in total. The highest BCUT2D eigenvalue weighted by Gasteiger charge is 2.31. The summed E-state index contributed by atoms with van der Waals surface area (Å²) in [7, 11) is 1.55. The Morgan fingerprint density at radius 3 is 2.58 bits per heavy atom. The third-order valence-electron chi connectivity index (χ3n) is 6.02. The van der Waals surface area contributed by atoms with E-state index < -0.39 is 16.7 Å². The predicted octanol–water partition coefficient (Wildman–Crippen LogP) is 4.59. The number of aromatic nitrogens is 1. The molecule has 0 spiro atoms. The number of nitrogens with zero attached hydrogens (tertiary/aromatic N) is 3. The Kier molecular flexibility index (Phi) is 7.43. The molecule has 1 atom stereocenters. The zero-order chi connectivity index (χ0) is 25.7. The fourth-order valence-electron chi connectivity index (χ4n) is 4.04. The molecule has 0 radical (unpaired) electrons. The standard InChI is InChI=1S/C26H26N4O6/c1-17-5-3-13-27-24(17)28-25(31)18-6-4-14-29(16-18)26(32)22-15-19(30(33)34)7-12-23(22)36-21-10-8-20(35-2)9-11-21/h3,5,7-13,15,18H,4,6,14,16H2,1-2H3,(H,27,28,31). The van der Waals surface area contributed by atoms with Gasteiger partial charge in [0, 0.05) is 31.4 Å². The van der Waals surface area contributed by atoms with Crippen LogP contribution in [-0.2, 0) is 4.79 Å². The van der Waals surface area contributed by atoms with Crippen LogP contribution in [0, 0.1) is 23.0 Å². The van der Waals surface area contributed by atoms with E-state index in [1.807, 2.05) is 13.0 Å². The zero-order valence-corrected chi connectivity index (χ0v) is 20.0. The van der Waals surface area contributed by atoms with Crippen LogP contribution in [-0.4, -0.2) is 46.8 Å². The Morgan fingerprint density at radius 1 is 1.14 bits per heavy atom. The molecule has 1 aliphatic heterocycles. The first kappa shape index (κ1) is 24.6. The Morgan fingerprint density at radius 2 is 1.89 bits per heavy atom. The first-order chi connectivity index (χ1) is 17.4. The van der Waals surface area contributed by atoms with E-state index in [-0.39, 0.29) is 29.5 Å². The molecule has 0 aliphatic carbocycles. The van der Waals surface area contributed by atoms with Gasteiger partial charge in [-0.25, -0.2) is 4.98 Å². The van der Waals surface area contributed by atoms with Crippen LogP contribution in [0.25, 0.3) is 0 Å². The van der Waals surface area contributed by atoms with Crippen LogP contribution in [0.4, 0.5) is 11.5 Å². The average Bonchev–Trinajstić information content (AvgIpc) is 2.90. The van der Waals surface area contributed by atoms with Gasteiger partial charge in [0.15, 0.2) is 0 Å². The van der Waals surface area contributed by atoms with E-state index in [4.69, 9.17) is 9.47 Å². The van der Waals surface area contributed by atoms with E-state index in [0.29, 0.717) is 36.7 Å². The topological polar surface area (TPSA) is 124 Å². The number of nitrogens with one attached hydrogen (secondary N) is 1. The third-order valence-corrected chi connectivity index (χ3v) is 6.02. The second-order valence-corrected chi connectivity index (χ2v) is 8.46. The second-order valence-electron chi connectivity index (χ2n) is 8.46. The van der Waals surface area contributed by atoms with Crippen LogP contribution in [0.5, 0.6) is 17.2 Å². The highest BCUT2D eigenvalue weighted by molar-refractivity contribution is 5.99. The van der Waals surface area contributed by atoms with Crippen molar-refractivity contribution in [2.45, 2.75) is 19.8 Å². The molecule has 3 aromatic rings. The number of likely N-dealkylation sites (tertiary alicyclic amines) is 1. The molecule has 1 saturated heterocycles. The van der Waals surface area contributed by atoms with E-state index in [1.165, 1.54) is 18.2 Å². The Labute approximate surface area is 208 Å². The molecule has 186 valence electrons. The van der Waals surface area contributed by atoms with E-state index in [9.17, 15) is 19.7 Å². The van der Waals surface area contributed by atoms with E-state index in [2.05, 4.69) is 10.3 Å². The number of anilines is 1. The molecule has 0 saturated carbocycles. The van der Waals surface area contributed by atoms with Crippen molar-refractivity contribution in [2.24, 2.45) is 5.92 Å². The maximum absolute atomic E-state index is 13.5. The number of carbonyl (C=O) groups is 2. The van der Waals surface area contributed by atoms with Gasteiger partial charge in [-0.05, 0) is 61.7 Å². The number of non-ortho nitro benzene ring substituents is 1. The van der Waals surface area contributed by atoms with Gasteiger partial charge in [-0.15, -0.1) is 0 Å². The minimum absolute atomic E-state index is 0.0571.